The predicted molar refractivity (Wildman–Crippen MR) is 153 cm³/mol. The second-order valence-corrected chi connectivity index (χ2v) is 10.3. The van der Waals surface area contributed by atoms with Gasteiger partial charge in [-0.1, -0.05) is 25.1 Å². The van der Waals surface area contributed by atoms with Gasteiger partial charge in [0.25, 0.3) is 5.91 Å². The van der Waals surface area contributed by atoms with Crippen molar-refractivity contribution < 1.29 is 33.6 Å². The first-order valence-corrected chi connectivity index (χ1v) is 13.9. The van der Waals surface area contributed by atoms with Gasteiger partial charge < -0.3 is 29.0 Å². The molecule has 5 rings (SSSR count). The Hall–Kier alpha value is -4.24. The summed E-state index contributed by atoms with van der Waals surface area (Å²) in [6.45, 7) is 4.29. The third-order valence-corrected chi connectivity index (χ3v) is 7.94. The molecule has 1 N–H and O–H groups in total. The summed E-state index contributed by atoms with van der Waals surface area (Å²) in [7, 11) is 3.20. The van der Waals surface area contributed by atoms with Gasteiger partial charge in [0.1, 0.15) is 11.5 Å². The number of carbonyl (C=O) groups excluding carboxylic acids is 1. The molecule has 216 valence electrons. The molecule has 3 aromatic rings. The standard InChI is InChI=1S/C32H36N2O7/c1-4-15-33(31(35)22-7-12-25(39-3)13-8-22)16-17-34-19-26(23-9-14-27-28(18-23)41-20-40-27)29(32(36)37)30(34)21-5-10-24(38-2)11-6-21/h5-14,18,26,29-30H,4,15-17,19-20H2,1-3H3,(H,36,37). The number of methoxy groups -OCH3 is 2. The highest BCUT2D eigenvalue weighted by Gasteiger charge is 2.47. The SMILES string of the molecule is CCCN(CCN1CC(c2ccc3c(c2)OCO3)C(C(=O)O)C1c1ccc(OC)cc1)C(=O)c1ccc(OC)cc1. The number of amides is 1. The fourth-order valence-corrected chi connectivity index (χ4v) is 5.89. The molecule has 1 saturated heterocycles. The molecule has 2 aliphatic heterocycles. The number of benzene rings is 3. The summed E-state index contributed by atoms with van der Waals surface area (Å²) in [6, 6.07) is 20.0. The van der Waals surface area contributed by atoms with Crippen molar-refractivity contribution in [1.82, 2.24) is 9.80 Å². The van der Waals surface area contributed by atoms with E-state index in [1.54, 1.807) is 38.5 Å². The van der Waals surface area contributed by atoms with Gasteiger partial charge in [-0.15, -0.1) is 0 Å². The number of aliphatic carboxylic acids is 1. The molecule has 9 heteroatoms. The third kappa shape index (κ3) is 5.95. The molecule has 0 spiro atoms. The number of carboxylic acid groups (broad SMARTS) is 1. The summed E-state index contributed by atoms with van der Waals surface area (Å²) in [5, 5.41) is 10.5. The molecule has 3 aromatic carbocycles. The summed E-state index contributed by atoms with van der Waals surface area (Å²) in [5.74, 6) is 0.771. The highest BCUT2D eigenvalue weighted by Crippen LogP contribution is 2.47. The zero-order valence-electron chi connectivity index (χ0n) is 23.6. The third-order valence-electron chi connectivity index (χ3n) is 7.94. The van der Waals surface area contributed by atoms with E-state index in [-0.39, 0.29) is 18.6 Å². The summed E-state index contributed by atoms with van der Waals surface area (Å²) in [5.41, 5.74) is 2.38. The average molecular weight is 561 g/mol. The van der Waals surface area contributed by atoms with Gasteiger partial charge in [-0.25, -0.2) is 0 Å². The molecule has 41 heavy (non-hydrogen) atoms. The highest BCUT2D eigenvalue weighted by atomic mass is 16.7. The van der Waals surface area contributed by atoms with Crippen LogP contribution >= 0.6 is 0 Å². The molecule has 0 aliphatic carbocycles. The van der Waals surface area contributed by atoms with Gasteiger partial charge in [0, 0.05) is 43.7 Å². The van der Waals surface area contributed by atoms with Crippen LogP contribution in [0.5, 0.6) is 23.0 Å². The van der Waals surface area contributed by atoms with Crippen LogP contribution in [0.2, 0.25) is 0 Å². The molecule has 1 amide bonds. The Bertz CT molecular complexity index is 1360. The second-order valence-electron chi connectivity index (χ2n) is 10.3. The van der Waals surface area contributed by atoms with Gasteiger partial charge in [0.15, 0.2) is 11.5 Å². The van der Waals surface area contributed by atoms with Gasteiger partial charge in [-0.3, -0.25) is 14.5 Å². The number of likely N-dealkylation sites (tertiary alicyclic amines) is 1. The monoisotopic (exact) mass is 560 g/mol. The highest BCUT2D eigenvalue weighted by molar-refractivity contribution is 5.94. The van der Waals surface area contributed by atoms with Crippen LogP contribution in [0, 0.1) is 5.92 Å². The van der Waals surface area contributed by atoms with Crippen LogP contribution in [0.4, 0.5) is 0 Å². The van der Waals surface area contributed by atoms with E-state index in [2.05, 4.69) is 4.90 Å². The Morgan fingerprint density at radius 2 is 1.54 bits per heavy atom. The van der Waals surface area contributed by atoms with Crippen LogP contribution in [0.25, 0.3) is 0 Å². The van der Waals surface area contributed by atoms with Crippen LogP contribution in [0.3, 0.4) is 0 Å². The van der Waals surface area contributed by atoms with E-state index in [4.69, 9.17) is 18.9 Å². The molecule has 3 atom stereocenters. The summed E-state index contributed by atoms with van der Waals surface area (Å²) >= 11 is 0. The number of carboxylic acids is 1. The Balaban J connectivity index is 1.44. The number of hydrogen-bond donors (Lipinski definition) is 1. The summed E-state index contributed by atoms with van der Waals surface area (Å²) in [6.07, 6.45) is 0.807. The first-order valence-electron chi connectivity index (χ1n) is 13.9. The van der Waals surface area contributed by atoms with E-state index >= 15 is 0 Å². The number of nitrogens with zero attached hydrogens (tertiary/aromatic N) is 2. The maximum atomic E-state index is 13.5. The van der Waals surface area contributed by atoms with Crippen LogP contribution in [-0.4, -0.2) is 74.0 Å². The molecule has 2 heterocycles. The van der Waals surface area contributed by atoms with Crippen molar-refractivity contribution in [2.24, 2.45) is 5.92 Å². The molecule has 1 fully saturated rings. The lowest BCUT2D eigenvalue weighted by atomic mass is 9.82. The molecule has 0 radical (unpaired) electrons. The second kappa shape index (κ2) is 12.5. The lowest BCUT2D eigenvalue weighted by molar-refractivity contribution is -0.143. The van der Waals surface area contributed by atoms with E-state index in [1.165, 1.54) is 0 Å². The molecular formula is C32H36N2O7. The number of ether oxygens (including phenoxy) is 4. The van der Waals surface area contributed by atoms with Crippen molar-refractivity contribution in [1.29, 1.82) is 0 Å². The Labute approximate surface area is 240 Å². The van der Waals surface area contributed by atoms with E-state index in [0.717, 1.165) is 17.5 Å². The number of carbonyl (C=O) groups is 2. The van der Waals surface area contributed by atoms with Crippen LogP contribution in [-0.2, 0) is 4.79 Å². The Morgan fingerprint density at radius 3 is 2.17 bits per heavy atom. The van der Waals surface area contributed by atoms with Crippen LogP contribution in [0.1, 0.15) is 46.8 Å². The van der Waals surface area contributed by atoms with E-state index in [9.17, 15) is 14.7 Å². The van der Waals surface area contributed by atoms with Gasteiger partial charge in [0.2, 0.25) is 6.79 Å². The topological polar surface area (TPSA) is 97.8 Å². The van der Waals surface area contributed by atoms with Crippen molar-refractivity contribution >= 4 is 11.9 Å². The lowest BCUT2D eigenvalue weighted by Crippen LogP contribution is -2.39. The molecule has 0 aromatic heterocycles. The first-order chi connectivity index (χ1) is 19.9. The average Bonchev–Trinajstić information content (AvgIpc) is 3.63. The zero-order valence-corrected chi connectivity index (χ0v) is 23.6. The van der Waals surface area contributed by atoms with Crippen LogP contribution < -0.4 is 18.9 Å². The van der Waals surface area contributed by atoms with Gasteiger partial charge in [0.05, 0.1) is 20.1 Å². The zero-order chi connectivity index (χ0) is 28.9. The molecule has 0 saturated carbocycles. The molecule has 9 nitrogen and oxygen atoms in total. The summed E-state index contributed by atoms with van der Waals surface area (Å²) in [4.78, 5) is 30.4. The number of rotatable bonds is 11. The van der Waals surface area contributed by atoms with Crippen molar-refractivity contribution in [2.45, 2.75) is 25.3 Å². The Morgan fingerprint density at radius 1 is 0.902 bits per heavy atom. The van der Waals surface area contributed by atoms with Gasteiger partial charge in [-0.05, 0) is 66.1 Å². The van der Waals surface area contributed by atoms with Gasteiger partial charge >= 0.3 is 5.97 Å². The van der Waals surface area contributed by atoms with E-state index in [1.807, 2.05) is 54.3 Å². The largest absolute Gasteiger partial charge is 0.497 e. The number of hydrogen-bond acceptors (Lipinski definition) is 7. The molecule has 0 bridgehead atoms. The van der Waals surface area contributed by atoms with Crippen LogP contribution in [0.15, 0.2) is 66.7 Å². The van der Waals surface area contributed by atoms with Crippen molar-refractivity contribution in [3.63, 3.8) is 0 Å². The minimum absolute atomic E-state index is 0.0585. The van der Waals surface area contributed by atoms with Crippen molar-refractivity contribution in [3.8, 4) is 23.0 Å². The first kappa shape index (κ1) is 28.3. The smallest absolute Gasteiger partial charge is 0.309 e. The number of fused-ring (bicyclic) bond motifs is 1. The Kier molecular flexibility index (Phi) is 8.64. The maximum Gasteiger partial charge on any atom is 0.309 e. The van der Waals surface area contributed by atoms with Crippen molar-refractivity contribution in [3.05, 3.63) is 83.4 Å². The fourth-order valence-electron chi connectivity index (χ4n) is 5.89. The van der Waals surface area contributed by atoms with Gasteiger partial charge in [-0.2, -0.15) is 0 Å². The minimum Gasteiger partial charge on any atom is -0.497 e. The maximum absolute atomic E-state index is 13.5. The molecule has 3 unspecified atom stereocenters. The van der Waals surface area contributed by atoms with E-state index < -0.39 is 17.9 Å². The lowest BCUT2D eigenvalue weighted by Gasteiger charge is -2.30. The quantitative estimate of drug-likeness (QED) is 0.356. The molecule has 2 aliphatic rings. The van der Waals surface area contributed by atoms with Crippen molar-refractivity contribution in [2.75, 3.05) is 47.2 Å². The fraction of sp³-hybridized carbons (Fsp3) is 0.375. The molecular weight excluding hydrogens is 524 g/mol. The predicted octanol–water partition coefficient (Wildman–Crippen LogP) is 4.83. The summed E-state index contributed by atoms with van der Waals surface area (Å²) < 4.78 is 21.7. The minimum atomic E-state index is -0.865. The van der Waals surface area contributed by atoms with E-state index in [0.29, 0.717) is 54.7 Å². The normalized spacial score (nSPS) is 19.6.